The lowest BCUT2D eigenvalue weighted by atomic mass is 10.1. The lowest BCUT2D eigenvalue weighted by Gasteiger charge is -2.27. The van der Waals surface area contributed by atoms with Gasteiger partial charge in [-0.3, -0.25) is 4.79 Å². The predicted octanol–water partition coefficient (Wildman–Crippen LogP) is 2.10. The number of benzene rings is 1. The third-order valence-corrected chi connectivity index (χ3v) is 2.94. The minimum atomic E-state index is -0.445. The number of hydrogen-bond donors (Lipinski definition) is 2. The number of aliphatic hydroxyl groups is 1. The van der Waals surface area contributed by atoms with Crippen LogP contribution in [0.5, 0.6) is 0 Å². The van der Waals surface area contributed by atoms with Crippen LogP contribution < -0.4 is 5.32 Å². The average molecular weight is 268 g/mol. The third-order valence-electron chi connectivity index (χ3n) is 2.94. The second kappa shape index (κ2) is 7.09. The number of nitrogens with zero attached hydrogens (tertiary/aromatic N) is 1. The van der Waals surface area contributed by atoms with Gasteiger partial charge in [0.25, 0.3) is 5.91 Å². The van der Waals surface area contributed by atoms with Gasteiger partial charge in [0.1, 0.15) is 5.82 Å². The van der Waals surface area contributed by atoms with Gasteiger partial charge >= 0.3 is 0 Å². The number of hydrogen-bond acceptors (Lipinski definition) is 3. The number of carbonyl (C=O) groups is 1. The second-order valence-electron chi connectivity index (χ2n) is 4.58. The Morgan fingerprint density at radius 2 is 2.16 bits per heavy atom. The third kappa shape index (κ3) is 3.67. The van der Waals surface area contributed by atoms with Gasteiger partial charge in [-0.05, 0) is 32.4 Å². The summed E-state index contributed by atoms with van der Waals surface area (Å²) >= 11 is 0. The van der Waals surface area contributed by atoms with Crippen LogP contribution in [0.2, 0.25) is 0 Å². The van der Waals surface area contributed by atoms with Crippen LogP contribution in [-0.4, -0.2) is 42.2 Å². The molecule has 19 heavy (non-hydrogen) atoms. The first-order valence-electron chi connectivity index (χ1n) is 6.41. The number of carbonyl (C=O) groups excluding carboxylic acids is 1. The molecule has 1 rings (SSSR count). The maximum atomic E-state index is 13.7. The highest BCUT2D eigenvalue weighted by molar-refractivity contribution is 5.99. The van der Waals surface area contributed by atoms with E-state index in [1.54, 1.807) is 18.0 Å². The average Bonchev–Trinajstić information content (AvgIpc) is 2.38. The van der Waals surface area contributed by atoms with E-state index in [1.165, 1.54) is 12.1 Å². The van der Waals surface area contributed by atoms with E-state index >= 15 is 0 Å². The van der Waals surface area contributed by atoms with Crippen molar-refractivity contribution in [2.75, 3.05) is 25.5 Å². The molecule has 0 fully saturated rings. The Morgan fingerprint density at radius 1 is 1.47 bits per heavy atom. The molecule has 0 heterocycles. The van der Waals surface area contributed by atoms with Crippen molar-refractivity contribution in [2.45, 2.75) is 26.3 Å². The van der Waals surface area contributed by atoms with E-state index in [4.69, 9.17) is 5.11 Å². The van der Waals surface area contributed by atoms with Gasteiger partial charge in [-0.2, -0.15) is 0 Å². The van der Waals surface area contributed by atoms with E-state index in [0.29, 0.717) is 18.5 Å². The van der Waals surface area contributed by atoms with Crippen LogP contribution in [0.3, 0.4) is 0 Å². The van der Waals surface area contributed by atoms with Gasteiger partial charge in [0, 0.05) is 26.2 Å². The summed E-state index contributed by atoms with van der Waals surface area (Å²) in [7, 11) is 1.59. The van der Waals surface area contributed by atoms with Gasteiger partial charge in [0.05, 0.1) is 11.3 Å². The summed E-state index contributed by atoms with van der Waals surface area (Å²) in [5.41, 5.74) is 0.524. The van der Waals surface area contributed by atoms with Crippen LogP contribution in [0, 0.1) is 5.82 Å². The van der Waals surface area contributed by atoms with Crippen molar-refractivity contribution in [3.63, 3.8) is 0 Å². The molecule has 0 atom stereocenters. The second-order valence-corrected chi connectivity index (χ2v) is 4.58. The number of nitrogens with one attached hydrogen (secondary N) is 1. The first-order valence-corrected chi connectivity index (χ1v) is 6.41. The van der Waals surface area contributed by atoms with Crippen molar-refractivity contribution in [3.05, 3.63) is 29.6 Å². The SMILES string of the molecule is CNc1c(F)cccc1C(=O)N(CCCO)C(C)C. The molecule has 5 heteroatoms. The van der Waals surface area contributed by atoms with Crippen molar-refractivity contribution < 1.29 is 14.3 Å². The molecule has 0 aliphatic heterocycles. The molecule has 0 spiro atoms. The lowest BCUT2D eigenvalue weighted by molar-refractivity contribution is 0.0693. The molecule has 1 aromatic carbocycles. The standard InChI is InChI=1S/C14H21FN2O2/c1-10(2)17(8-5-9-18)14(19)11-6-4-7-12(15)13(11)16-3/h4,6-7,10,16,18H,5,8-9H2,1-3H3. The fraction of sp³-hybridized carbons (Fsp3) is 0.500. The number of rotatable bonds is 6. The highest BCUT2D eigenvalue weighted by Crippen LogP contribution is 2.21. The zero-order valence-electron chi connectivity index (χ0n) is 11.6. The molecule has 0 radical (unpaired) electrons. The molecule has 1 aromatic rings. The van der Waals surface area contributed by atoms with E-state index in [1.807, 2.05) is 13.8 Å². The Balaban J connectivity index is 3.06. The van der Waals surface area contributed by atoms with Crippen molar-refractivity contribution in [1.82, 2.24) is 4.90 Å². The van der Waals surface area contributed by atoms with E-state index in [2.05, 4.69) is 5.32 Å². The van der Waals surface area contributed by atoms with Crippen LogP contribution >= 0.6 is 0 Å². The molecule has 1 amide bonds. The van der Waals surface area contributed by atoms with Crippen LogP contribution in [0.1, 0.15) is 30.6 Å². The maximum absolute atomic E-state index is 13.7. The number of anilines is 1. The number of aliphatic hydroxyl groups excluding tert-OH is 1. The molecule has 2 N–H and O–H groups in total. The molecule has 0 saturated heterocycles. The molecule has 0 aromatic heterocycles. The topological polar surface area (TPSA) is 52.6 Å². The van der Waals surface area contributed by atoms with Gasteiger partial charge in [0.15, 0.2) is 0 Å². The summed E-state index contributed by atoms with van der Waals surface area (Å²) in [6, 6.07) is 4.43. The Morgan fingerprint density at radius 3 is 2.68 bits per heavy atom. The van der Waals surface area contributed by atoms with Gasteiger partial charge in [-0.25, -0.2) is 4.39 Å². The lowest BCUT2D eigenvalue weighted by Crippen LogP contribution is -2.38. The maximum Gasteiger partial charge on any atom is 0.256 e. The molecule has 4 nitrogen and oxygen atoms in total. The zero-order chi connectivity index (χ0) is 14.4. The Labute approximate surface area is 113 Å². The van der Waals surface area contributed by atoms with E-state index < -0.39 is 5.82 Å². The van der Waals surface area contributed by atoms with Gasteiger partial charge in [-0.1, -0.05) is 6.07 Å². The summed E-state index contributed by atoms with van der Waals surface area (Å²) in [6.45, 7) is 4.27. The van der Waals surface area contributed by atoms with E-state index in [0.717, 1.165) is 0 Å². The van der Waals surface area contributed by atoms with Crippen LogP contribution in [-0.2, 0) is 0 Å². The summed E-state index contributed by atoms with van der Waals surface area (Å²) in [5, 5.41) is 11.6. The van der Waals surface area contributed by atoms with Crippen LogP contribution in [0.4, 0.5) is 10.1 Å². The largest absolute Gasteiger partial charge is 0.396 e. The van der Waals surface area contributed by atoms with E-state index in [-0.39, 0.29) is 24.2 Å². The first kappa shape index (κ1) is 15.4. The van der Waals surface area contributed by atoms with Gasteiger partial charge in [0.2, 0.25) is 0 Å². The normalized spacial score (nSPS) is 10.6. The molecule has 0 saturated carbocycles. The van der Waals surface area contributed by atoms with Crippen molar-refractivity contribution in [1.29, 1.82) is 0 Å². The summed E-state index contributed by atoms with van der Waals surface area (Å²) in [6.07, 6.45) is 0.508. The van der Waals surface area contributed by atoms with Crippen molar-refractivity contribution in [2.24, 2.45) is 0 Å². The molecule has 0 unspecified atom stereocenters. The zero-order valence-corrected chi connectivity index (χ0v) is 11.6. The molecule has 0 bridgehead atoms. The highest BCUT2D eigenvalue weighted by Gasteiger charge is 2.22. The minimum absolute atomic E-state index is 0.00739. The quantitative estimate of drug-likeness (QED) is 0.830. The van der Waals surface area contributed by atoms with Crippen molar-refractivity contribution >= 4 is 11.6 Å². The molecule has 106 valence electrons. The molecule has 0 aliphatic carbocycles. The Bertz CT molecular complexity index is 435. The fourth-order valence-corrected chi connectivity index (χ4v) is 1.95. The number of amides is 1. The summed E-state index contributed by atoms with van der Waals surface area (Å²) in [5.74, 6) is -0.675. The Kier molecular flexibility index (Phi) is 5.76. The number of halogens is 1. The van der Waals surface area contributed by atoms with Gasteiger partial charge in [-0.15, -0.1) is 0 Å². The highest BCUT2D eigenvalue weighted by atomic mass is 19.1. The molecular formula is C14H21FN2O2. The summed E-state index contributed by atoms with van der Waals surface area (Å²) in [4.78, 5) is 14.1. The smallest absolute Gasteiger partial charge is 0.256 e. The van der Waals surface area contributed by atoms with Gasteiger partial charge < -0.3 is 15.3 Å². The molecular weight excluding hydrogens is 247 g/mol. The minimum Gasteiger partial charge on any atom is -0.396 e. The van der Waals surface area contributed by atoms with E-state index in [9.17, 15) is 9.18 Å². The fourth-order valence-electron chi connectivity index (χ4n) is 1.95. The molecule has 0 aliphatic rings. The summed E-state index contributed by atoms with van der Waals surface area (Å²) < 4.78 is 13.7. The predicted molar refractivity (Wildman–Crippen MR) is 73.8 cm³/mol. The Hall–Kier alpha value is -1.62. The van der Waals surface area contributed by atoms with Crippen LogP contribution in [0.15, 0.2) is 18.2 Å². The first-order chi connectivity index (χ1) is 9.02. The van der Waals surface area contributed by atoms with Crippen molar-refractivity contribution in [3.8, 4) is 0 Å². The number of para-hydroxylation sites is 1. The monoisotopic (exact) mass is 268 g/mol. The van der Waals surface area contributed by atoms with Crippen LogP contribution in [0.25, 0.3) is 0 Å².